The van der Waals surface area contributed by atoms with Gasteiger partial charge in [0.2, 0.25) is 0 Å². The fourth-order valence-electron chi connectivity index (χ4n) is 2.64. The number of para-hydroxylation sites is 1. The fourth-order valence-corrected chi connectivity index (χ4v) is 2.64. The molecule has 1 aliphatic heterocycles. The van der Waals surface area contributed by atoms with Crippen molar-refractivity contribution in [3.63, 3.8) is 0 Å². The van der Waals surface area contributed by atoms with Crippen molar-refractivity contribution in [3.8, 4) is 5.75 Å². The molecule has 18 heavy (non-hydrogen) atoms. The van der Waals surface area contributed by atoms with Crippen LogP contribution in [0.3, 0.4) is 0 Å². The summed E-state index contributed by atoms with van der Waals surface area (Å²) in [6.45, 7) is 9.69. The third-order valence-corrected chi connectivity index (χ3v) is 3.54. The van der Waals surface area contributed by atoms with Gasteiger partial charge in [0, 0.05) is 24.6 Å². The summed E-state index contributed by atoms with van der Waals surface area (Å²) in [5.41, 5.74) is 2.59. The van der Waals surface area contributed by atoms with Gasteiger partial charge in [-0.25, -0.2) is 0 Å². The Morgan fingerprint density at radius 3 is 2.89 bits per heavy atom. The summed E-state index contributed by atoms with van der Waals surface area (Å²) in [7, 11) is 0. The lowest BCUT2D eigenvalue weighted by molar-refractivity contribution is 0.137. The van der Waals surface area contributed by atoms with Crippen LogP contribution in [-0.4, -0.2) is 11.6 Å². The number of hydrogen-bond acceptors (Lipinski definition) is 2. The number of rotatable bonds is 5. The second-order valence-electron chi connectivity index (χ2n) is 6.01. The predicted molar refractivity (Wildman–Crippen MR) is 76.1 cm³/mol. The van der Waals surface area contributed by atoms with Crippen LogP contribution < -0.4 is 10.1 Å². The molecule has 0 aromatic heterocycles. The molecule has 1 aromatic carbocycles. The van der Waals surface area contributed by atoms with Crippen molar-refractivity contribution >= 4 is 0 Å². The highest BCUT2D eigenvalue weighted by molar-refractivity contribution is 5.45. The summed E-state index contributed by atoms with van der Waals surface area (Å²) in [5.74, 6) is 1.11. The van der Waals surface area contributed by atoms with E-state index in [0.717, 1.165) is 18.7 Å². The van der Waals surface area contributed by atoms with Gasteiger partial charge in [0.15, 0.2) is 0 Å². The summed E-state index contributed by atoms with van der Waals surface area (Å²) in [5, 5.41) is 3.58. The van der Waals surface area contributed by atoms with Crippen molar-refractivity contribution in [2.45, 2.75) is 65.1 Å². The van der Waals surface area contributed by atoms with Gasteiger partial charge in [-0.3, -0.25) is 0 Å². The van der Waals surface area contributed by atoms with Gasteiger partial charge in [0.25, 0.3) is 0 Å². The minimum atomic E-state index is -0.0481. The highest BCUT2D eigenvalue weighted by Gasteiger charge is 2.31. The van der Waals surface area contributed by atoms with Crippen LogP contribution in [0.15, 0.2) is 18.2 Å². The third kappa shape index (κ3) is 3.05. The van der Waals surface area contributed by atoms with Crippen LogP contribution in [0.4, 0.5) is 0 Å². The van der Waals surface area contributed by atoms with Crippen LogP contribution in [-0.2, 0) is 13.0 Å². The molecule has 1 atom stereocenters. The van der Waals surface area contributed by atoms with Gasteiger partial charge in [-0.15, -0.1) is 0 Å². The van der Waals surface area contributed by atoms with E-state index in [-0.39, 0.29) is 5.60 Å². The van der Waals surface area contributed by atoms with Gasteiger partial charge < -0.3 is 10.1 Å². The van der Waals surface area contributed by atoms with Gasteiger partial charge in [0.05, 0.1) is 0 Å². The van der Waals surface area contributed by atoms with E-state index in [1.54, 1.807) is 0 Å². The van der Waals surface area contributed by atoms with Gasteiger partial charge >= 0.3 is 0 Å². The first kappa shape index (κ1) is 13.4. The van der Waals surface area contributed by atoms with Crippen LogP contribution in [0.5, 0.6) is 5.75 Å². The second-order valence-corrected chi connectivity index (χ2v) is 6.01. The normalized spacial score (nSPS) is 18.2. The SMILES string of the molecule is CCCC(C)NCc1cccc2c1OC(C)(C)C2. The molecule has 0 amide bonds. The molecule has 2 nitrogen and oxygen atoms in total. The zero-order valence-electron chi connectivity index (χ0n) is 12.0. The quantitative estimate of drug-likeness (QED) is 0.857. The van der Waals surface area contributed by atoms with Crippen molar-refractivity contribution in [3.05, 3.63) is 29.3 Å². The van der Waals surface area contributed by atoms with Gasteiger partial charge in [-0.2, -0.15) is 0 Å². The van der Waals surface area contributed by atoms with Gasteiger partial charge in [-0.05, 0) is 32.8 Å². The monoisotopic (exact) mass is 247 g/mol. The Hall–Kier alpha value is -1.02. The average molecular weight is 247 g/mol. The lowest BCUT2D eigenvalue weighted by Gasteiger charge is -2.19. The largest absolute Gasteiger partial charge is 0.487 e. The van der Waals surface area contributed by atoms with E-state index in [1.165, 1.54) is 24.0 Å². The fraction of sp³-hybridized carbons (Fsp3) is 0.625. The lowest BCUT2D eigenvalue weighted by Crippen LogP contribution is -2.26. The smallest absolute Gasteiger partial charge is 0.127 e. The van der Waals surface area contributed by atoms with Crippen molar-refractivity contribution in [1.29, 1.82) is 0 Å². The van der Waals surface area contributed by atoms with Crippen molar-refractivity contribution < 1.29 is 4.74 Å². The van der Waals surface area contributed by atoms with Gasteiger partial charge in [0.1, 0.15) is 11.4 Å². The Kier molecular flexibility index (Phi) is 3.96. The minimum Gasteiger partial charge on any atom is -0.487 e. The topological polar surface area (TPSA) is 21.3 Å². The number of hydrogen-bond donors (Lipinski definition) is 1. The predicted octanol–water partition coefficient (Wildman–Crippen LogP) is 3.68. The van der Waals surface area contributed by atoms with E-state index in [1.807, 2.05) is 0 Å². The Morgan fingerprint density at radius 1 is 1.39 bits per heavy atom. The molecule has 0 fully saturated rings. The molecule has 2 rings (SSSR count). The van der Waals surface area contributed by atoms with Crippen molar-refractivity contribution in [1.82, 2.24) is 5.32 Å². The summed E-state index contributed by atoms with van der Waals surface area (Å²) >= 11 is 0. The van der Waals surface area contributed by atoms with Crippen LogP contribution in [0, 0.1) is 0 Å². The zero-order chi connectivity index (χ0) is 13.2. The van der Waals surface area contributed by atoms with Crippen LogP contribution in [0.2, 0.25) is 0 Å². The molecule has 0 radical (unpaired) electrons. The van der Waals surface area contributed by atoms with E-state index in [9.17, 15) is 0 Å². The summed E-state index contributed by atoms with van der Waals surface area (Å²) in [4.78, 5) is 0. The van der Waals surface area contributed by atoms with E-state index in [4.69, 9.17) is 4.74 Å². The first-order valence-corrected chi connectivity index (χ1v) is 7.05. The number of fused-ring (bicyclic) bond motifs is 1. The highest BCUT2D eigenvalue weighted by atomic mass is 16.5. The molecule has 0 aliphatic carbocycles. The van der Waals surface area contributed by atoms with Crippen molar-refractivity contribution in [2.75, 3.05) is 0 Å². The first-order chi connectivity index (χ1) is 8.52. The molecule has 0 bridgehead atoms. The molecule has 1 aliphatic rings. The lowest BCUT2D eigenvalue weighted by atomic mass is 10.0. The Bertz CT molecular complexity index is 412. The highest BCUT2D eigenvalue weighted by Crippen LogP contribution is 2.37. The minimum absolute atomic E-state index is 0.0481. The zero-order valence-corrected chi connectivity index (χ0v) is 12.0. The molecular weight excluding hydrogens is 222 g/mol. The molecule has 0 saturated carbocycles. The molecule has 0 saturated heterocycles. The van der Waals surface area contributed by atoms with E-state index < -0.39 is 0 Å². The first-order valence-electron chi connectivity index (χ1n) is 7.05. The van der Waals surface area contributed by atoms with E-state index in [2.05, 4.69) is 51.2 Å². The Balaban J connectivity index is 2.05. The molecule has 1 heterocycles. The molecular formula is C16H25NO. The Morgan fingerprint density at radius 2 is 2.17 bits per heavy atom. The van der Waals surface area contributed by atoms with Gasteiger partial charge in [-0.1, -0.05) is 31.5 Å². The number of nitrogens with one attached hydrogen (secondary N) is 1. The molecule has 1 unspecified atom stereocenters. The molecule has 2 heteroatoms. The molecule has 1 aromatic rings. The van der Waals surface area contributed by atoms with E-state index in [0.29, 0.717) is 6.04 Å². The molecule has 1 N–H and O–H groups in total. The standard InChI is InChI=1S/C16H25NO/c1-5-7-12(2)17-11-14-9-6-8-13-10-16(3,4)18-15(13)14/h6,8-9,12,17H,5,7,10-11H2,1-4H3. The van der Waals surface area contributed by atoms with E-state index >= 15 is 0 Å². The van der Waals surface area contributed by atoms with Crippen molar-refractivity contribution in [2.24, 2.45) is 0 Å². The summed E-state index contributed by atoms with van der Waals surface area (Å²) in [6, 6.07) is 7.07. The number of benzene rings is 1. The Labute approximate surface area is 111 Å². The van der Waals surface area contributed by atoms with Crippen LogP contribution >= 0.6 is 0 Å². The second kappa shape index (κ2) is 5.31. The summed E-state index contributed by atoms with van der Waals surface area (Å²) < 4.78 is 6.08. The third-order valence-electron chi connectivity index (χ3n) is 3.54. The average Bonchev–Trinajstić information content (AvgIpc) is 2.61. The molecule has 100 valence electrons. The maximum Gasteiger partial charge on any atom is 0.127 e. The summed E-state index contributed by atoms with van der Waals surface area (Å²) in [6.07, 6.45) is 3.46. The number of ether oxygens (including phenoxy) is 1. The molecule has 0 spiro atoms. The maximum absolute atomic E-state index is 6.08. The van der Waals surface area contributed by atoms with Crippen LogP contribution in [0.1, 0.15) is 51.7 Å². The van der Waals surface area contributed by atoms with Crippen LogP contribution in [0.25, 0.3) is 0 Å². The maximum atomic E-state index is 6.08.